The van der Waals surface area contributed by atoms with Crippen LogP contribution in [0, 0.1) is 17.1 Å². The minimum absolute atomic E-state index is 0.120. The number of pyridine rings is 1. The molecule has 0 spiro atoms. The van der Waals surface area contributed by atoms with E-state index in [-0.39, 0.29) is 16.9 Å². The first-order valence-electron chi connectivity index (χ1n) is 6.66. The number of aromatic nitrogens is 3. The van der Waals surface area contributed by atoms with Crippen molar-refractivity contribution in [2.75, 3.05) is 5.32 Å². The van der Waals surface area contributed by atoms with E-state index in [1.165, 1.54) is 29.1 Å². The third kappa shape index (κ3) is 2.78. The molecule has 1 aromatic carbocycles. The molecular weight excluding hydrogens is 297 g/mol. The predicted molar refractivity (Wildman–Crippen MR) is 80.4 cm³/mol. The van der Waals surface area contributed by atoms with Crippen LogP contribution in [0.1, 0.15) is 15.9 Å². The lowest BCUT2D eigenvalue weighted by atomic mass is 10.2. The van der Waals surface area contributed by atoms with Crippen molar-refractivity contribution in [3.05, 3.63) is 71.8 Å². The van der Waals surface area contributed by atoms with Gasteiger partial charge >= 0.3 is 0 Å². The van der Waals surface area contributed by atoms with Crippen LogP contribution in [0.3, 0.4) is 0 Å². The number of amides is 1. The lowest BCUT2D eigenvalue weighted by Crippen LogP contribution is -2.17. The van der Waals surface area contributed by atoms with Crippen molar-refractivity contribution < 1.29 is 9.18 Å². The molecule has 0 unspecified atom stereocenters. The molecule has 0 bridgehead atoms. The summed E-state index contributed by atoms with van der Waals surface area (Å²) in [5.41, 5.74) is 0.0329. The van der Waals surface area contributed by atoms with Crippen LogP contribution in [0.25, 0.3) is 5.82 Å². The van der Waals surface area contributed by atoms with E-state index >= 15 is 0 Å². The highest BCUT2D eigenvalue weighted by molar-refractivity contribution is 6.04. The second kappa shape index (κ2) is 6.07. The highest BCUT2D eigenvalue weighted by atomic mass is 19.1. The molecule has 0 radical (unpaired) electrons. The Hall–Kier alpha value is -3.53. The van der Waals surface area contributed by atoms with E-state index in [9.17, 15) is 9.18 Å². The van der Waals surface area contributed by atoms with Gasteiger partial charge < -0.3 is 5.32 Å². The zero-order valence-corrected chi connectivity index (χ0v) is 11.8. The Balaban J connectivity index is 2.00. The lowest BCUT2D eigenvalue weighted by Gasteiger charge is -2.09. The van der Waals surface area contributed by atoms with Gasteiger partial charge in [-0.3, -0.25) is 4.79 Å². The van der Waals surface area contributed by atoms with Gasteiger partial charge in [-0.25, -0.2) is 9.37 Å². The molecule has 0 fully saturated rings. The molecule has 23 heavy (non-hydrogen) atoms. The highest BCUT2D eigenvalue weighted by Crippen LogP contribution is 2.19. The molecular formula is C16H10FN5O. The summed E-state index contributed by atoms with van der Waals surface area (Å²) in [6.07, 6.45) is 2.87. The maximum absolute atomic E-state index is 13.7. The molecule has 0 aliphatic heterocycles. The maximum Gasteiger partial charge on any atom is 0.259 e. The van der Waals surface area contributed by atoms with Crippen molar-refractivity contribution in [3.8, 4) is 11.9 Å². The van der Waals surface area contributed by atoms with Gasteiger partial charge in [0.05, 0.1) is 11.8 Å². The van der Waals surface area contributed by atoms with E-state index < -0.39 is 11.7 Å². The molecule has 7 heteroatoms. The Bertz CT molecular complexity index is 898. The molecule has 0 saturated heterocycles. The SMILES string of the molecule is N#Cc1cnn(-c2ccccn2)c1NC(=O)c1ccccc1F. The molecule has 1 N–H and O–H groups in total. The van der Waals surface area contributed by atoms with Crippen LogP contribution in [-0.4, -0.2) is 20.7 Å². The monoisotopic (exact) mass is 307 g/mol. The van der Waals surface area contributed by atoms with E-state index in [0.29, 0.717) is 5.82 Å². The quantitative estimate of drug-likeness (QED) is 0.806. The number of halogens is 1. The van der Waals surface area contributed by atoms with E-state index in [1.54, 1.807) is 30.5 Å². The number of nitriles is 1. The van der Waals surface area contributed by atoms with Crippen molar-refractivity contribution in [2.24, 2.45) is 0 Å². The summed E-state index contributed by atoms with van der Waals surface area (Å²) in [5.74, 6) is -0.748. The fraction of sp³-hybridized carbons (Fsp3) is 0. The van der Waals surface area contributed by atoms with Gasteiger partial charge in [0.25, 0.3) is 5.91 Å². The number of rotatable bonds is 3. The number of nitrogens with zero attached hydrogens (tertiary/aromatic N) is 4. The number of nitrogens with one attached hydrogen (secondary N) is 1. The van der Waals surface area contributed by atoms with Gasteiger partial charge in [-0.15, -0.1) is 0 Å². The molecule has 1 amide bonds. The van der Waals surface area contributed by atoms with Gasteiger partial charge in [-0.05, 0) is 24.3 Å². The molecule has 6 nitrogen and oxygen atoms in total. The predicted octanol–water partition coefficient (Wildman–Crippen LogP) is 2.53. The third-order valence-electron chi connectivity index (χ3n) is 3.11. The number of benzene rings is 1. The van der Waals surface area contributed by atoms with E-state index in [0.717, 1.165) is 0 Å². The van der Waals surface area contributed by atoms with Gasteiger partial charge in [-0.2, -0.15) is 15.0 Å². The summed E-state index contributed by atoms with van der Waals surface area (Å²) >= 11 is 0. The van der Waals surface area contributed by atoms with Crippen molar-refractivity contribution in [1.29, 1.82) is 5.26 Å². The topological polar surface area (TPSA) is 83.6 Å². The fourth-order valence-corrected chi connectivity index (χ4v) is 2.02. The molecule has 112 valence electrons. The largest absolute Gasteiger partial charge is 0.305 e. The zero-order valence-electron chi connectivity index (χ0n) is 11.8. The summed E-state index contributed by atoms with van der Waals surface area (Å²) in [4.78, 5) is 16.4. The van der Waals surface area contributed by atoms with Gasteiger partial charge in [0.1, 0.15) is 17.4 Å². The molecule has 0 saturated carbocycles. The summed E-state index contributed by atoms with van der Waals surface area (Å²) in [6, 6.07) is 12.7. The lowest BCUT2D eigenvalue weighted by molar-refractivity contribution is 0.102. The number of carbonyl (C=O) groups excluding carboxylic acids is 1. The molecule has 0 aliphatic rings. The van der Waals surface area contributed by atoms with Crippen LogP contribution in [0.15, 0.2) is 54.9 Å². The van der Waals surface area contributed by atoms with Crippen molar-refractivity contribution in [2.45, 2.75) is 0 Å². The first kappa shape index (κ1) is 14.4. The smallest absolute Gasteiger partial charge is 0.259 e. The van der Waals surface area contributed by atoms with Gasteiger partial charge in [0.15, 0.2) is 11.6 Å². The average molecular weight is 307 g/mol. The van der Waals surface area contributed by atoms with E-state index in [1.807, 2.05) is 6.07 Å². The molecule has 3 rings (SSSR count). The fourth-order valence-electron chi connectivity index (χ4n) is 2.02. The second-order valence-electron chi connectivity index (χ2n) is 4.55. The zero-order chi connectivity index (χ0) is 16.2. The molecule has 0 aliphatic carbocycles. The van der Waals surface area contributed by atoms with Crippen molar-refractivity contribution in [1.82, 2.24) is 14.8 Å². The standard InChI is InChI=1S/C16H10FN5O/c17-13-6-2-1-5-12(13)16(23)21-15-11(9-18)10-20-22(15)14-7-3-4-8-19-14/h1-8,10H,(H,21,23). The Kier molecular flexibility index (Phi) is 3.80. The van der Waals surface area contributed by atoms with Crippen LogP contribution in [-0.2, 0) is 0 Å². The molecule has 0 atom stereocenters. The molecule has 2 heterocycles. The van der Waals surface area contributed by atoms with Crippen molar-refractivity contribution in [3.63, 3.8) is 0 Å². The number of hydrogen-bond donors (Lipinski definition) is 1. The van der Waals surface area contributed by atoms with Gasteiger partial charge in [0.2, 0.25) is 0 Å². The third-order valence-corrected chi connectivity index (χ3v) is 3.11. The van der Waals surface area contributed by atoms with Crippen LogP contribution in [0.2, 0.25) is 0 Å². The summed E-state index contributed by atoms with van der Waals surface area (Å²) < 4.78 is 15.0. The van der Waals surface area contributed by atoms with Crippen LogP contribution >= 0.6 is 0 Å². The molecule has 2 aromatic heterocycles. The first-order chi connectivity index (χ1) is 11.2. The summed E-state index contributed by atoms with van der Waals surface area (Å²) in [6.45, 7) is 0. The average Bonchev–Trinajstić information content (AvgIpc) is 2.98. The minimum atomic E-state index is -0.669. The van der Waals surface area contributed by atoms with E-state index in [2.05, 4.69) is 15.4 Å². The van der Waals surface area contributed by atoms with E-state index in [4.69, 9.17) is 5.26 Å². The number of anilines is 1. The maximum atomic E-state index is 13.7. The summed E-state index contributed by atoms with van der Waals surface area (Å²) in [5, 5.41) is 15.7. The second-order valence-corrected chi connectivity index (χ2v) is 4.55. The first-order valence-corrected chi connectivity index (χ1v) is 6.66. The van der Waals surface area contributed by atoms with Gasteiger partial charge in [0, 0.05) is 6.20 Å². The Labute approximate surface area is 130 Å². The highest BCUT2D eigenvalue weighted by Gasteiger charge is 2.18. The van der Waals surface area contributed by atoms with Crippen LogP contribution in [0.4, 0.5) is 10.2 Å². The number of carbonyl (C=O) groups is 1. The minimum Gasteiger partial charge on any atom is -0.305 e. The Morgan fingerprint density at radius 2 is 2.00 bits per heavy atom. The van der Waals surface area contributed by atoms with Crippen LogP contribution < -0.4 is 5.32 Å². The normalized spacial score (nSPS) is 10.1. The molecule has 3 aromatic rings. The van der Waals surface area contributed by atoms with Crippen LogP contribution in [0.5, 0.6) is 0 Å². The number of hydrogen-bond acceptors (Lipinski definition) is 4. The summed E-state index contributed by atoms with van der Waals surface area (Å²) in [7, 11) is 0. The Morgan fingerprint density at radius 3 is 2.70 bits per heavy atom. The van der Waals surface area contributed by atoms with Gasteiger partial charge in [-0.1, -0.05) is 18.2 Å². The Morgan fingerprint density at radius 1 is 1.22 bits per heavy atom. The van der Waals surface area contributed by atoms with Crippen molar-refractivity contribution >= 4 is 11.7 Å².